The quantitative estimate of drug-likeness (QED) is 0.374. The Kier molecular flexibility index (Phi) is 11.1. The molecule has 1 heterocycles. The van der Waals surface area contributed by atoms with Crippen LogP contribution in [-0.2, 0) is 6.42 Å². The van der Waals surface area contributed by atoms with Crippen LogP contribution in [0.5, 0.6) is 0 Å². The normalized spacial score (nSPS) is 11.2. The summed E-state index contributed by atoms with van der Waals surface area (Å²) in [4.78, 5) is 4.11. The molecule has 0 aliphatic heterocycles. The summed E-state index contributed by atoms with van der Waals surface area (Å²) in [6.07, 6.45) is 20.6. The molecular weight excluding hydrogens is 254 g/mol. The summed E-state index contributed by atoms with van der Waals surface area (Å²) >= 11 is 0. The van der Waals surface area contributed by atoms with Gasteiger partial charge in [0.25, 0.3) is 0 Å². The van der Waals surface area contributed by atoms with E-state index in [0.29, 0.717) is 0 Å². The van der Waals surface area contributed by atoms with Crippen molar-refractivity contribution < 1.29 is 0 Å². The third kappa shape index (κ3) is 9.66. The molecular formula is C20H35N. The van der Waals surface area contributed by atoms with Gasteiger partial charge in [-0.1, -0.05) is 78.1 Å². The molecule has 0 aromatic carbocycles. The van der Waals surface area contributed by atoms with E-state index >= 15 is 0 Å². The van der Waals surface area contributed by atoms with E-state index in [4.69, 9.17) is 0 Å². The Hall–Kier alpha value is -0.850. The lowest BCUT2D eigenvalue weighted by Gasteiger charge is -2.17. The first kappa shape index (κ1) is 18.2. The molecule has 0 unspecified atom stereocenters. The molecule has 1 rings (SSSR count). The highest BCUT2D eigenvalue weighted by atomic mass is 14.6. The number of pyridine rings is 1. The minimum absolute atomic E-state index is 0.937. The number of aryl methyl sites for hydroxylation is 1. The van der Waals surface area contributed by atoms with Gasteiger partial charge in [0.2, 0.25) is 0 Å². The van der Waals surface area contributed by atoms with Crippen LogP contribution < -0.4 is 0 Å². The summed E-state index contributed by atoms with van der Waals surface area (Å²) < 4.78 is 0. The molecule has 0 aliphatic rings. The molecule has 0 aliphatic carbocycles. The van der Waals surface area contributed by atoms with Gasteiger partial charge in [-0.3, -0.25) is 4.98 Å². The highest BCUT2D eigenvalue weighted by Crippen LogP contribution is 2.23. The molecule has 1 aromatic heterocycles. The summed E-state index contributed by atoms with van der Waals surface area (Å²) in [5.41, 5.74) is 1.46. The highest BCUT2D eigenvalue weighted by molar-refractivity contribution is 5.09. The van der Waals surface area contributed by atoms with Crippen molar-refractivity contribution in [3.63, 3.8) is 0 Å². The molecule has 0 spiro atoms. The van der Waals surface area contributed by atoms with Crippen molar-refractivity contribution in [2.75, 3.05) is 0 Å². The molecule has 1 aromatic rings. The largest absolute Gasteiger partial charge is 0.265 e. The van der Waals surface area contributed by atoms with Crippen LogP contribution in [0.3, 0.4) is 0 Å². The SMILES string of the molecule is CCCCCCC(CCCCCC)CCc1ccncc1. The molecule has 0 amide bonds. The minimum Gasteiger partial charge on any atom is -0.265 e. The lowest BCUT2D eigenvalue weighted by atomic mass is 9.89. The Morgan fingerprint density at radius 2 is 1.33 bits per heavy atom. The minimum atomic E-state index is 0.937. The Morgan fingerprint density at radius 1 is 0.762 bits per heavy atom. The van der Waals surface area contributed by atoms with Crippen LogP contribution in [0.15, 0.2) is 24.5 Å². The van der Waals surface area contributed by atoms with E-state index in [0.717, 1.165) is 5.92 Å². The molecule has 1 heteroatoms. The number of hydrogen-bond donors (Lipinski definition) is 0. The van der Waals surface area contributed by atoms with Crippen LogP contribution in [0.4, 0.5) is 0 Å². The van der Waals surface area contributed by atoms with E-state index < -0.39 is 0 Å². The maximum Gasteiger partial charge on any atom is 0.0270 e. The standard InChI is InChI=1S/C20H35N/c1-3-5-7-9-11-19(12-10-8-6-4-2)13-14-20-15-17-21-18-16-20/h15-19H,3-14H2,1-2H3. The average molecular weight is 290 g/mol. The predicted molar refractivity (Wildman–Crippen MR) is 93.6 cm³/mol. The van der Waals surface area contributed by atoms with Crippen LogP contribution in [0.2, 0.25) is 0 Å². The molecule has 0 fully saturated rings. The van der Waals surface area contributed by atoms with Crippen molar-refractivity contribution in [2.45, 2.75) is 90.9 Å². The second kappa shape index (κ2) is 12.9. The van der Waals surface area contributed by atoms with E-state index in [1.54, 1.807) is 0 Å². The first-order valence-corrected chi connectivity index (χ1v) is 9.25. The average Bonchev–Trinajstić information content (AvgIpc) is 2.53. The van der Waals surface area contributed by atoms with Crippen LogP contribution in [0.1, 0.15) is 90.0 Å². The Balaban J connectivity index is 2.28. The van der Waals surface area contributed by atoms with Crippen molar-refractivity contribution >= 4 is 0 Å². The molecule has 0 N–H and O–H groups in total. The zero-order chi connectivity index (χ0) is 15.2. The van der Waals surface area contributed by atoms with Crippen LogP contribution in [-0.4, -0.2) is 4.98 Å². The molecule has 1 nitrogen and oxygen atoms in total. The second-order valence-corrected chi connectivity index (χ2v) is 6.46. The van der Waals surface area contributed by atoms with Crippen molar-refractivity contribution in [2.24, 2.45) is 5.92 Å². The number of rotatable bonds is 13. The van der Waals surface area contributed by atoms with Crippen molar-refractivity contribution in [3.8, 4) is 0 Å². The summed E-state index contributed by atoms with van der Waals surface area (Å²) in [6, 6.07) is 4.34. The third-order valence-electron chi connectivity index (χ3n) is 4.52. The first-order chi connectivity index (χ1) is 10.4. The predicted octanol–water partition coefficient (Wildman–Crippen LogP) is 6.57. The van der Waals surface area contributed by atoms with Gasteiger partial charge in [0.15, 0.2) is 0 Å². The number of nitrogens with zero attached hydrogens (tertiary/aromatic N) is 1. The number of unbranched alkanes of at least 4 members (excludes halogenated alkanes) is 6. The molecule has 0 bridgehead atoms. The van der Waals surface area contributed by atoms with E-state index in [9.17, 15) is 0 Å². The monoisotopic (exact) mass is 289 g/mol. The fraction of sp³-hybridized carbons (Fsp3) is 0.750. The topological polar surface area (TPSA) is 12.9 Å². The van der Waals surface area contributed by atoms with Crippen LogP contribution >= 0.6 is 0 Å². The third-order valence-corrected chi connectivity index (χ3v) is 4.52. The summed E-state index contributed by atoms with van der Waals surface area (Å²) in [5, 5.41) is 0. The van der Waals surface area contributed by atoms with Gasteiger partial charge in [-0.15, -0.1) is 0 Å². The van der Waals surface area contributed by atoms with Gasteiger partial charge in [0, 0.05) is 12.4 Å². The van der Waals surface area contributed by atoms with Gasteiger partial charge < -0.3 is 0 Å². The molecule has 120 valence electrons. The molecule has 0 radical (unpaired) electrons. The molecule has 0 saturated carbocycles. The maximum atomic E-state index is 4.11. The van der Waals surface area contributed by atoms with Gasteiger partial charge in [-0.05, 0) is 36.5 Å². The summed E-state index contributed by atoms with van der Waals surface area (Å²) in [7, 11) is 0. The molecule has 21 heavy (non-hydrogen) atoms. The van der Waals surface area contributed by atoms with Gasteiger partial charge in [-0.25, -0.2) is 0 Å². The van der Waals surface area contributed by atoms with Gasteiger partial charge in [0.05, 0.1) is 0 Å². The fourth-order valence-electron chi connectivity index (χ4n) is 3.07. The van der Waals surface area contributed by atoms with Crippen molar-refractivity contribution in [3.05, 3.63) is 30.1 Å². The fourth-order valence-corrected chi connectivity index (χ4v) is 3.07. The van der Waals surface area contributed by atoms with Crippen LogP contribution in [0.25, 0.3) is 0 Å². The summed E-state index contributed by atoms with van der Waals surface area (Å²) in [6.45, 7) is 4.59. The van der Waals surface area contributed by atoms with E-state index in [1.165, 1.54) is 82.6 Å². The van der Waals surface area contributed by atoms with Crippen LogP contribution in [0, 0.1) is 5.92 Å². The Bertz CT molecular complexity index is 308. The number of hydrogen-bond acceptors (Lipinski definition) is 1. The van der Waals surface area contributed by atoms with Gasteiger partial charge >= 0.3 is 0 Å². The zero-order valence-corrected chi connectivity index (χ0v) is 14.3. The summed E-state index contributed by atoms with van der Waals surface area (Å²) in [5.74, 6) is 0.937. The molecule has 0 atom stereocenters. The second-order valence-electron chi connectivity index (χ2n) is 6.46. The van der Waals surface area contributed by atoms with Gasteiger partial charge in [0.1, 0.15) is 0 Å². The smallest absolute Gasteiger partial charge is 0.0270 e. The lowest BCUT2D eigenvalue weighted by molar-refractivity contribution is 0.383. The van der Waals surface area contributed by atoms with Crippen molar-refractivity contribution in [1.82, 2.24) is 4.98 Å². The lowest BCUT2D eigenvalue weighted by Crippen LogP contribution is -2.03. The number of aromatic nitrogens is 1. The first-order valence-electron chi connectivity index (χ1n) is 9.25. The Labute approximate surface area is 132 Å². The van der Waals surface area contributed by atoms with E-state index in [2.05, 4.69) is 31.0 Å². The van der Waals surface area contributed by atoms with Crippen molar-refractivity contribution in [1.29, 1.82) is 0 Å². The van der Waals surface area contributed by atoms with E-state index in [-0.39, 0.29) is 0 Å². The molecule has 0 saturated heterocycles. The highest BCUT2D eigenvalue weighted by Gasteiger charge is 2.09. The zero-order valence-electron chi connectivity index (χ0n) is 14.3. The van der Waals surface area contributed by atoms with Gasteiger partial charge in [-0.2, -0.15) is 0 Å². The maximum absolute atomic E-state index is 4.11. The Morgan fingerprint density at radius 3 is 1.86 bits per heavy atom. The van der Waals surface area contributed by atoms with E-state index in [1.807, 2.05) is 12.4 Å².